The van der Waals surface area contributed by atoms with Crippen molar-refractivity contribution in [2.75, 3.05) is 31.2 Å². The number of rotatable bonds is 3. The summed E-state index contributed by atoms with van der Waals surface area (Å²) in [5.74, 6) is 0.123. The fourth-order valence-electron chi connectivity index (χ4n) is 2.58. The van der Waals surface area contributed by atoms with Crippen LogP contribution >= 0.6 is 24.0 Å². The summed E-state index contributed by atoms with van der Waals surface area (Å²) in [5.41, 5.74) is 5.41. The predicted octanol–water partition coefficient (Wildman–Crippen LogP) is 3.36. The van der Waals surface area contributed by atoms with Gasteiger partial charge in [-0.3, -0.25) is 0 Å². The standard InChI is InChI=1S/C17H25F3N4O.HI/c1-16(2,3)23-15(21)22-11-12-4-5-13(10-14(12)17(18,19)20)24-6-8-25-9-7-24;/h4-5,10H,6-9,11H2,1-3H3,(H3,21,22,23);1H. The summed E-state index contributed by atoms with van der Waals surface area (Å²) in [6, 6.07) is 4.35. The third-order valence-corrected chi connectivity index (χ3v) is 3.70. The van der Waals surface area contributed by atoms with Crippen LogP contribution in [0.25, 0.3) is 0 Å². The molecule has 2 rings (SSSR count). The molecule has 0 unspecified atom stereocenters. The Labute approximate surface area is 169 Å². The van der Waals surface area contributed by atoms with E-state index < -0.39 is 11.7 Å². The second kappa shape index (κ2) is 9.12. The molecule has 26 heavy (non-hydrogen) atoms. The Balaban J connectivity index is 0.00000338. The first-order chi connectivity index (χ1) is 11.6. The highest BCUT2D eigenvalue weighted by atomic mass is 127. The summed E-state index contributed by atoms with van der Waals surface area (Å²) in [6.07, 6.45) is -4.45. The number of morpholine rings is 1. The second-order valence-electron chi connectivity index (χ2n) is 7.02. The molecule has 148 valence electrons. The molecule has 1 aliphatic heterocycles. The lowest BCUT2D eigenvalue weighted by atomic mass is 10.1. The first kappa shape index (κ1) is 22.8. The van der Waals surface area contributed by atoms with Gasteiger partial charge in [0.2, 0.25) is 0 Å². The first-order valence-corrected chi connectivity index (χ1v) is 8.17. The summed E-state index contributed by atoms with van der Waals surface area (Å²) < 4.78 is 45.6. The SMILES string of the molecule is CC(C)(C)NC(N)=NCc1ccc(N2CCOCC2)cc1C(F)(F)F.I. The van der Waals surface area contributed by atoms with Crippen LogP contribution in [0.15, 0.2) is 23.2 Å². The molecule has 1 fully saturated rings. The summed E-state index contributed by atoms with van der Waals surface area (Å²) in [4.78, 5) is 5.94. The number of nitrogens with two attached hydrogens (primary N) is 1. The maximum Gasteiger partial charge on any atom is 0.416 e. The Morgan fingerprint density at radius 2 is 1.85 bits per heavy atom. The molecule has 0 atom stereocenters. The number of hydrogen-bond acceptors (Lipinski definition) is 3. The van der Waals surface area contributed by atoms with Crippen LogP contribution in [0, 0.1) is 0 Å². The van der Waals surface area contributed by atoms with Crippen LogP contribution in [-0.4, -0.2) is 37.8 Å². The van der Waals surface area contributed by atoms with Gasteiger partial charge in [-0.2, -0.15) is 13.2 Å². The molecule has 3 N–H and O–H groups in total. The Kier molecular flexibility index (Phi) is 8.00. The molecule has 1 aliphatic rings. The van der Waals surface area contributed by atoms with E-state index in [0.29, 0.717) is 32.0 Å². The zero-order valence-corrected chi connectivity index (χ0v) is 17.5. The van der Waals surface area contributed by atoms with Crippen molar-refractivity contribution in [3.05, 3.63) is 29.3 Å². The van der Waals surface area contributed by atoms with E-state index in [9.17, 15) is 13.2 Å². The first-order valence-electron chi connectivity index (χ1n) is 8.17. The molecule has 0 radical (unpaired) electrons. The number of aliphatic imine (C=N–C) groups is 1. The molecule has 1 aromatic carbocycles. The van der Waals surface area contributed by atoms with Gasteiger partial charge in [0.25, 0.3) is 0 Å². The van der Waals surface area contributed by atoms with Gasteiger partial charge < -0.3 is 20.7 Å². The van der Waals surface area contributed by atoms with Gasteiger partial charge in [0.05, 0.1) is 25.3 Å². The molecule has 9 heteroatoms. The third kappa shape index (κ3) is 6.82. The number of nitrogens with zero attached hydrogens (tertiary/aromatic N) is 2. The number of benzene rings is 1. The van der Waals surface area contributed by atoms with Crippen LogP contribution in [0.2, 0.25) is 0 Å². The van der Waals surface area contributed by atoms with Crippen LogP contribution in [0.3, 0.4) is 0 Å². The number of alkyl halides is 3. The average molecular weight is 486 g/mol. The van der Waals surface area contributed by atoms with Gasteiger partial charge in [-0.1, -0.05) is 6.07 Å². The minimum Gasteiger partial charge on any atom is -0.378 e. The van der Waals surface area contributed by atoms with Crippen LogP contribution in [-0.2, 0) is 17.5 Å². The van der Waals surface area contributed by atoms with Crippen molar-refractivity contribution in [3.63, 3.8) is 0 Å². The molecule has 1 saturated heterocycles. The van der Waals surface area contributed by atoms with Gasteiger partial charge in [-0.15, -0.1) is 24.0 Å². The van der Waals surface area contributed by atoms with Crippen molar-refractivity contribution >= 4 is 35.6 Å². The van der Waals surface area contributed by atoms with Gasteiger partial charge >= 0.3 is 6.18 Å². The van der Waals surface area contributed by atoms with E-state index in [0.717, 1.165) is 0 Å². The molecule has 0 aliphatic carbocycles. The Morgan fingerprint density at radius 1 is 1.23 bits per heavy atom. The maximum atomic E-state index is 13.5. The zero-order valence-electron chi connectivity index (χ0n) is 15.2. The summed E-state index contributed by atoms with van der Waals surface area (Å²) in [6.45, 7) is 7.75. The molecule has 0 aromatic heterocycles. The van der Waals surface area contributed by atoms with E-state index in [4.69, 9.17) is 10.5 Å². The van der Waals surface area contributed by atoms with Crippen LogP contribution < -0.4 is 16.0 Å². The largest absolute Gasteiger partial charge is 0.416 e. The molecule has 1 aromatic rings. The third-order valence-electron chi connectivity index (χ3n) is 3.70. The van der Waals surface area contributed by atoms with E-state index in [1.807, 2.05) is 25.7 Å². The van der Waals surface area contributed by atoms with Crippen LogP contribution in [0.1, 0.15) is 31.9 Å². The van der Waals surface area contributed by atoms with Crippen molar-refractivity contribution in [2.24, 2.45) is 10.7 Å². The fourth-order valence-corrected chi connectivity index (χ4v) is 2.58. The van der Waals surface area contributed by atoms with Crippen molar-refractivity contribution in [1.82, 2.24) is 5.32 Å². The Morgan fingerprint density at radius 3 is 2.38 bits per heavy atom. The lowest BCUT2D eigenvalue weighted by molar-refractivity contribution is -0.138. The molecule has 0 saturated carbocycles. The number of anilines is 1. The number of hydrogen-bond donors (Lipinski definition) is 2. The van der Waals surface area contributed by atoms with Crippen molar-refractivity contribution in [2.45, 2.75) is 39.0 Å². The Hall–Kier alpha value is -1.23. The highest BCUT2D eigenvalue weighted by molar-refractivity contribution is 14.0. The van der Waals surface area contributed by atoms with Crippen molar-refractivity contribution < 1.29 is 17.9 Å². The lowest BCUT2D eigenvalue weighted by Crippen LogP contribution is -2.45. The number of ether oxygens (including phenoxy) is 1. The quantitative estimate of drug-likeness (QED) is 0.391. The van der Waals surface area contributed by atoms with Gasteiger partial charge in [-0.05, 0) is 38.5 Å². The highest BCUT2D eigenvalue weighted by Gasteiger charge is 2.34. The van der Waals surface area contributed by atoms with Crippen LogP contribution in [0.4, 0.5) is 18.9 Å². The monoisotopic (exact) mass is 486 g/mol. The average Bonchev–Trinajstić information content (AvgIpc) is 2.51. The summed E-state index contributed by atoms with van der Waals surface area (Å²) >= 11 is 0. The van der Waals surface area contributed by atoms with Gasteiger partial charge in [0, 0.05) is 24.3 Å². The maximum absolute atomic E-state index is 13.5. The summed E-state index contributed by atoms with van der Waals surface area (Å²) in [5, 5.41) is 2.94. The van der Waals surface area contributed by atoms with E-state index >= 15 is 0 Å². The molecule has 5 nitrogen and oxygen atoms in total. The minimum atomic E-state index is -4.45. The normalized spacial score (nSPS) is 16.2. The van der Waals surface area contributed by atoms with Gasteiger partial charge in [-0.25, -0.2) is 4.99 Å². The topological polar surface area (TPSA) is 62.9 Å². The molecule has 0 spiro atoms. The second-order valence-corrected chi connectivity index (χ2v) is 7.02. The van der Waals surface area contributed by atoms with Crippen molar-refractivity contribution in [3.8, 4) is 0 Å². The molecule has 1 heterocycles. The minimum absolute atomic E-state index is 0. The van der Waals surface area contributed by atoms with Crippen molar-refractivity contribution in [1.29, 1.82) is 0 Å². The zero-order chi connectivity index (χ0) is 18.7. The number of halogens is 4. The van der Waals surface area contributed by atoms with E-state index in [1.54, 1.807) is 6.07 Å². The highest BCUT2D eigenvalue weighted by Crippen LogP contribution is 2.35. The molecular formula is C17H26F3IN4O. The van der Waals surface area contributed by atoms with E-state index in [1.165, 1.54) is 12.1 Å². The summed E-state index contributed by atoms with van der Waals surface area (Å²) in [7, 11) is 0. The van der Waals surface area contributed by atoms with E-state index in [-0.39, 0.29) is 47.6 Å². The fraction of sp³-hybridized carbons (Fsp3) is 0.588. The van der Waals surface area contributed by atoms with E-state index in [2.05, 4.69) is 10.3 Å². The smallest absolute Gasteiger partial charge is 0.378 e. The lowest BCUT2D eigenvalue weighted by Gasteiger charge is -2.29. The number of guanidine groups is 1. The molecular weight excluding hydrogens is 460 g/mol. The van der Waals surface area contributed by atoms with Gasteiger partial charge in [0.15, 0.2) is 5.96 Å². The number of nitrogens with one attached hydrogen (secondary N) is 1. The predicted molar refractivity (Wildman–Crippen MR) is 108 cm³/mol. The van der Waals surface area contributed by atoms with Gasteiger partial charge in [0.1, 0.15) is 0 Å². The Bertz CT molecular complexity index is 623. The molecule has 0 bridgehead atoms. The van der Waals surface area contributed by atoms with Crippen LogP contribution in [0.5, 0.6) is 0 Å². The molecule has 0 amide bonds.